The van der Waals surface area contributed by atoms with Crippen LogP contribution in [0.15, 0.2) is 30.3 Å². The van der Waals surface area contributed by atoms with Crippen molar-refractivity contribution in [3.8, 4) is 0 Å². The van der Waals surface area contributed by atoms with Crippen LogP contribution in [0.25, 0.3) is 0 Å². The zero-order chi connectivity index (χ0) is 16.2. The summed E-state index contributed by atoms with van der Waals surface area (Å²) in [5, 5.41) is 0. The fraction of sp³-hybridized carbons (Fsp3) is 0.556. The normalized spacial score (nSPS) is 15.8. The van der Waals surface area contributed by atoms with Gasteiger partial charge in [0.2, 0.25) is 11.8 Å². The summed E-state index contributed by atoms with van der Waals surface area (Å²) in [5.74, 6) is 0.357. The molecule has 4 heteroatoms. The monoisotopic (exact) mass is 302 g/mol. The highest BCUT2D eigenvalue weighted by Gasteiger charge is 2.30. The van der Waals surface area contributed by atoms with E-state index in [9.17, 15) is 9.59 Å². The van der Waals surface area contributed by atoms with Gasteiger partial charge in [-0.1, -0.05) is 51.1 Å². The van der Waals surface area contributed by atoms with Crippen molar-refractivity contribution in [2.75, 3.05) is 26.2 Å². The Morgan fingerprint density at radius 3 is 2.05 bits per heavy atom. The van der Waals surface area contributed by atoms with Gasteiger partial charge in [0.1, 0.15) is 0 Å². The lowest BCUT2D eigenvalue weighted by atomic mass is 9.94. The Morgan fingerprint density at radius 2 is 1.50 bits per heavy atom. The molecule has 0 spiro atoms. The van der Waals surface area contributed by atoms with Crippen LogP contribution in [0.1, 0.15) is 32.8 Å². The third-order valence-electron chi connectivity index (χ3n) is 4.03. The van der Waals surface area contributed by atoms with Gasteiger partial charge in [-0.3, -0.25) is 9.59 Å². The smallest absolute Gasteiger partial charge is 0.228 e. The Bertz CT molecular complexity index is 512. The zero-order valence-electron chi connectivity index (χ0n) is 13.8. The molecule has 1 aliphatic heterocycles. The van der Waals surface area contributed by atoms with Gasteiger partial charge in [-0.2, -0.15) is 0 Å². The molecule has 120 valence electrons. The molecule has 0 radical (unpaired) electrons. The van der Waals surface area contributed by atoms with Gasteiger partial charge in [0.25, 0.3) is 0 Å². The van der Waals surface area contributed by atoms with Crippen molar-refractivity contribution in [1.82, 2.24) is 9.80 Å². The number of carbonyl (C=O) groups is 2. The predicted octanol–water partition coefficient (Wildman–Crippen LogP) is 2.34. The number of hydrogen-bond donors (Lipinski definition) is 0. The lowest BCUT2D eigenvalue weighted by molar-refractivity contribution is -0.144. The number of amides is 2. The molecule has 22 heavy (non-hydrogen) atoms. The molecule has 1 saturated heterocycles. The number of hydrogen-bond acceptors (Lipinski definition) is 2. The second kappa shape index (κ2) is 6.95. The number of nitrogens with zero attached hydrogens (tertiary/aromatic N) is 2. The van der Waals surface area contributed by atoms with E-state index in [1.807, 2.05) is 60.9 Å². The van der Waals surface area contributed by atoms with Crippen molar-refractivity contribution < 1.29 is 9.59 Å². The van der Waals surface area contributed by atoms with E-state index in [1.165, 1.54) is 5.56 Å². The van der Waals surface area contributed by atoms with Crippen LogP contribution in [-0.2, 0) is 16.0 Å². The fourth-order valence-corrected chi connectivity index (χ4v) is 2.69. The van der Waals surface area contributed by atoms with Crippen LogP contribution >= 0.6 is 0 Å². The molecule has 2 amide bonds. The van der Waals surface area contributed by atoms with E-state index in [-0.39, 0.29) is 17.2 Å². The maximum atomic E-state index is 12.3. The zero-order valence-corrected chi connectivity index (χ0v) is 13.8. The standard InChI is InChI=1S/C18H26N2O2/c1-18(2,3)17(22)20-13-11-19(12-14-20)16(21)10-9-15-7-5-4-6-8-15/h4-8H,9-14H2,1-3H3. The Morgan fingerprint density at radius 1 is 0.955 bits per heavy atom. The highest BCUT2D eigenvalue weighted by molar-refractivity contribution is 5.82. The Labute approximate surface area is 133 Å². The summed E-state index contributed by atoms with van der Waals surface area (Å²) < 4.78 is 0. The topological polar surface area (TPSA) is 40.6 Å². The van der Waals surface area contributed by atoms with E-state index < -0.39 is 0 Å². The second-order valence-corrected chi connectivity index (χ2v) is 6.91. The minimum absolute atomic E-state index is 0.170. The highest BCUT2D eigenvalue weighted by atomic mass is 16.2. The van der Waals surface area contributed by atoms with Gasteiger partial charge in [-0.15, -0.1) is 0 Å². The predicted molar refractivity (Wildman–Crippen MR) is 87.4 cm³/mol. The molecule has 0 unspecified atom stereocenters. The molecular formula is C18H26N2O2. The minimum atomic E-state index is -0.348. The lowest BCUT2D eigenvalue weighted by Crippen LogP contribution is -2.53. The molecular weight excluding hydrogens is 276 g/mol. The number of benzene rings is 1. The number of rotatable bonds is 3. The lowest BCUT2D eigenvalue weighted by Gasteiger charge is -2.37. The Hall–Kier alpha value is -1.84. The molecule has 1 heterocycles. The number of piperazine rings is 1. The maximum Gasteiger partial charge on any atom is 0.228 e. The molecule has 0 aliphatic carbocycles. The van der Waals surface area contributed by atoms with E-state index in [1.54, 1.807) is 0 Å². The van der Waals surface area contributed by atoms with E-state index in [2.05, 4.69) is 0 Å². The van der Waals surface area contributed by atoms with Crippen LogP contribution in [0.2, 0.25) is 0 Å². The van der Waals surface area contributed by atoms with Gasteiger partial charge in [-0.05, 0) is 12.0 Å². The molecule has 0 N–H and O–H groups in total. The molecule has 2 rings (SSSR count). The van der Waals surface area contributed by atoms with Gasteiger partial charge in [0, 0.05) is 38.0 Å². The number of carbonyl (C=O) groups excluding carboxylic acids is 2. The maximum absolute atomic E-state index is 12.3. The quantitative estimate of drug-likeness (QED) is 0.860. The SMILES string of the molecule is CC(C)(C)C(=O)N1CCN(C(=O)CCc2ccccc2)CC1. The van der Waals surface area contributed by atoms with Gasteiger partial charge >= 0.3 is 0 Å². The summed E-state index contributed by atoms with van der Waals surface area (Å²) >= 11 is 0. The summed E-state index contributed by atoms with van der Waals surface area (Å²) in [5.41, 5.74) is 0.844. The van der Waals surface area contributed by atoms with Crippen LogP contribution in [0.5, 0.6) is 0 Å². The molecule has 0 atom stereocenters. The minimum Gasteiger partial charge on any atom is -0.339 e. The van der Waals surface area contributed by atoms with E-state index in [0.717, 1.165) is 6.42 Å². The summed E-state index contributed by atoms with van der Waals surface area (Å²) in [4.78, 5) is 28.3. The van der Waals surface area contributed by atoms with Gasteiger partial charge in [-0.25, -0.2) is 0 Å². The van der Waals surface area contributed by atoms with Crippen LogP contribution in [-0.4, -0.2) is 47.8 Å². The average molecular weight is 302 g/mol. The van der Waals surface area contributed by atoms with E-state index in [4.69, 9.17) is 0 Å². The van der Waals surface area contributed by atoms with Crippen LogP contribution in [0, 0.1) is 5.41 Å². The average Bonchev–Trinajstić information content (AvgIpc) is 2.52. The van der Waals surface area contributed by atoms with Crippen LogP contribution < -0.4 is 0 Å². The first-order valence-electron chi connectivity index (χ1n) is 7.99. The second-order valence-electron chi connectivity index (χ2n) is 6.91. The van der Waals surface area contributed by atoms with Crippen LogP contribution in [0.3, 0.4) is 0 Å². The van der Waals surface area contributed by atoms with Crippen molar-refractivity contribution in [2.24, 2.45) is 5.41 Å². The van der Waals surface area contributed by atoms with Gasteiger partial charge in [0.05, 0.1) is 0 Å². The summed E-state index contributed by atoms with van der Waals surface area (Å²) in [7, 11) is 0. The summed E-state index contributed by atoms with van der Waals surface area (Å²) in [6.07, 6.45) is 1.32. The molecule has 1 aliphatic rings. The van der Waals surface area contributed by atoms with Crippen LogP contribution in [0.4, 0.5) is 0 Å². The Balaban J connectivity index is 1.79. The molecule has 0 aromatic heterocycles. The third kappa shape index (κ3) is 4.33. The van der Waals surface area contributed by atoms with Crippen molar-refractivity contribution in [1.29, 1.82) is 0 Å². The largest absolute Gasteiger partial charge is 0.339 e. The van der Waals surface area contributed by atoms with Gasteiger partial charge in [0.15, 0.2) is 0 Å². The fourth-order valence-electron chi connectivity index (χ4n) is 2.69. The van der Waals surface area contributed by atoms with Crippen molar-refractivity contribution in [2.45, 2.75) is 33.6 Å². The molecule has 0 bridgehead atoms. The van der Waals surface area contributed by atoms with Crippen molar-refractivity contribution in [3.63, 3.8) is 0 Å². The molecule has 1 aromatic rings. The first kappa shape index (κ1) is 16.5. The van der Waals surface area contributed by atoms with Gasteiger partial charge < -0.3 is 9.80 Å². The van der Waals surface area contributed by atoms with Crippen molar-refractivity contribution >= 4 is 11.8 Å². The summed E-state index contributed by atoms with van der Waals surface area (Å²) in [6, 6.07) is 10.1. The first-order valence-corrected chi connectivity index (χ1v) is 7.99. The third-order valence-corrected chi connectivity index (χ3v) is 4.03. The van der Waals surface area contributed by atoms with Crippen molar-refractivity contribution in [3.05, 3.63) is 35.9 Å². The van der Waals surface area contributed by atoms with E-state index >= 15 is 0 Å². The number of aryl methyl sites for hydroxylation is 1. The summed E-state index contributed by atoms with van der Waals surface area (Å²) in [6.45, 7) is 8.40. The molecule has 4 nitrogen and oxygen atoms in total. The molecule has 1 fully saturated rings. The first-order chi connectivity index (χ1) is 10.4. The highest BCUT2D eigenvalue weighted by Crippen LogP contribution is 2.19. The molecule has 1 aromatic carbocycles. The van der Waals surface area contributed by atoms with E-state index in [0.29, 0.717) is 32.6 Å². The molecule has 0 saturated carbocycles. The Kier molecular flexibility index (Phi) is 5.22.